The molecule has 0 fully saturated rings. The molecule has 2 aromatic rings. The highest BCUT2D eigenvalue weighted by atomic mass is 16.2. The Bertz CT molecular complexity index is 827. The molecule has 0 heterocycles. The molecule has 0 saturated heterocycles. The predicted octanol–water partition coefficient (Wildman–Crippen LogP) is 1.74. The van der Waals surface area contributed by atoms with Gasteiger partial charge in [-0.3, -0.25) is 9.59 Å². The van der Waals surface area contributed by atoms with Crippen molar-refractivity contribution in [2.75, 3.05) is 20.6 Å². The Kier molecular flexibility index (Phi) is 7.56. The maximum absolute atomic E-state index is 11.9. The first kappa shape index (κ1) is 21.0. The fourth-order valence-electron chi connectivity index (χ4n) is 2.50. The van der Waals surface area contributed by atoms with Crippen LogP contribution in [0, 0.1) is 0 Å². The molecule has 4 N–H and O–H groups in total. The van der Waals surface area contributed by atoms with Gasteiger partial charge < -0.3 is 21.3 Å². The van der Waals surface area contributed by atoms with Crippen molar-refractivity contribution in [1.29, 1.82) is 0 Å². The van der Waals surface area contributed by atoms with Gasteiger partial charge >= 0.3 is 0 Å². The Labute approximate surface area is 165 Å². The molecular weight excluding hydrogens is 354 g/mol. The van der Waals surface area contributed by atoms with Crippen LogP contribution in [0.3, 0.4) is 0 Å². The van der Waals surface area contributed by atoms with Crippen molar-refractivity contribution < 1.29 is 9.59 Å². The zero-order valence-electron chi connectivity index (χ0n) is 16.5. The first-order valence-corrected chi connectivity index (χ1v) is 9.12. The predicted molar refractivity (Wildman–Crippen MR) is 111 cm³/mol. The summed E-state index contributed by atoms with van der Waals surface area (Å²) in [4.78, 5) is 29.2. The van der Waals surface area contributed by atoms with E-state index in [1.165, 1.54) is 0 Å². The van der Waals surface area contributed by atoms with Crippen LogP contribution in [0.4, 0.5) is 0 Å². The average Bonchev–Trinajstić information content (AvgIpc) is 2.70. The minimum absolute atomic E-state index is 0.0169. The van der Waals surface area contributed by atoms with Crippen LogP contribution < -0.4 is 16.4 Å². The highest BCUT2D eigenvalue weighted by molar-refractivity contribution is 5.94. The van der Waals surface area contributed by atoms with Crippen LogP contribution in [-0.4, -0.2) is 43.3 Å². The molecule has 0 aliphatic carbocycles. The van der Waals surface area contributed by atoms with E-state index in [1.807, 2.05) is 43.3 Å². The summed E-state index contributed by atoms with van der Waals surface area (Å²) in [7, 11) is 3.47. The van der Waals surface area contributed by atoms with Crippen molar-refractivity contribution in [3.05, 3.63) is 70.8 Å². The highest BCUT2D eigenvalue weighted by Crippen LogP contribution is 2.07. The lowest BCUT2D eigenvalue weighted by molar-refractivity contribution is 0.0827. The van der Waals surface area contributed by atoms with Gasteiger partial charge in [-0.1, -0.05) is 24.3 Å². The lowest BCUT2D eigenvalue weighted by atomic mass is 10.1. The van der Waals surface area contributed by atoms with Crippen molar-refractivity contribution in [3.8, 4) is 0 Å². The Balaban J connectivity index is 1.97. The minimum Gasteiger partial charge on any atom is -0.366 e. The number of rotatable bonds is 7. The number of carbonyl (C=O) groups is 2. The van der Waals surface area contributed by atoms with E-state index < -0.39 is 5.91 Å². The number of amides is 2. The van der Waals surface area contributed by atoms with Gasteiger partial charge in [0.25, 0.3) is 5.91 Å². The van der Waals surface area contributed by atoms with Crippen LogP contribution in [0.2, 0.25) is 0 Å². The third-order valence-electron chi connectivity index (χ3n) is 4.07. The number of hydrogen-bond acceptors (Lipinski definition) is 3. The van der Waals surface area contributed by atoms with Gasteiger partial charge in [-0.15, -0.1) is 0 Å². The van der Waals surface area contributed by atoms with Crippen LogP contribution in [0.25, 0.3) is 0 Å². The zero-order chi connectivity index (χ0) is 20.5. The molecule has 28 heavy (non-hydrogen) atoms. The molecule has 0 unspecified atom stereocenters. The second-order valence-corrected chi connectivity index (χ2v) is 6.51. The molecule has 2 rings (SSSR count). The summed E-state index contributed by atoms with van der Waals surface area (Å²) in [6.45, 7) is 3.80. The van der Waals surface area contributed by atoms with Crippen molar-refractivity contribution in [2.24, 2.45) is 10.7 Å². The third kappa shape index (κ3) is 6.12. The molecule has 0 spiro atoms. The van der Waals surface area contributed by atoms with Crippen LogP contribution in [-0.2, 0) is 13.1 Å². The van der Waals surface area contributed by atoms with E-state index in [0.717, 1.165) is 17.7 Å². The molecule has 7 nitrogen and oxygen atoms in total. The molecule has 0 radical (unpaired) electrons. The first-order valence-electron chi connectivity index (χ1n) is 9.12. The van der Waals surface area contributed by atoms with Gasteiger partial charge in [0.1, 0.15) is 0 Å². The van der Waals surface area contributed by atoms with Crippen LogP contribution in [0.15, 0.2) is 53.5 Å². The van der Waals surface area contributed by atoms with E-state index in [4.69, 9.17) is 5.73 Å². The van der Waals surface area contributed by atoms with Gasteiger partial charge in [0, 0.05) is 38.3 Å². The highest BCUT2D eigenvalue weighted by Gasteiger charge is 2.07. The summed E-state index contributed by atoms with van der Waals surface area (Å²) in [5.41, 5.74) is 8.42. The number of hydrogen-bond donors (Lipinski definition) is 3. The van der Waals surface area contributed by atoms with Gasteiger partial charge in [-0.05, 0) is 42.3 Å². The maximum atomic E-state index is 11.9. The fourth-order valence-corrected chi connectivity index (χ4v) is 2.50. The number of guanidine groups is 1. The minimum atomic E-state index is -0.441. The maximum Gasteiger partial charge on any atom is 0.253 e. The summed E-state index contributed by atoms with van der Waals surface area (Å²) in [5.74, 6) is 0.232. The van der Waals surface area contributed by atoms with Gasteiger partial charge in [0.15, 0.2) is 5.96 Å². The first-order chi connectivity index (χ1) is 13.4. The van der Waals surface area contributed by atoms with E-state index in [9.17, 15) is 9.59 Å². The smallest absolute Gasteiger partial charge is 0.253 e. The zero-order valence-corrected chi connectivity index (χ0v) is 16.5. The number of nitrogens with one attached hydrogen (secondary N) is 2. The Morgan fingerprint density at radius 2 is 1.50 bits per heavy atom. The van der Waals surface area contributed by atoms with E-state index in [2.05, 4.69) is 15.6 Å². The van der Waals surface area contributed by atoms with Crippen LogP contribution in [0.1, 0.15) is 38.8 Å². The van der Waals surface area contributed by atoms with Crippen molar-refractivity contribution in [2.45, 2.75) is 20.0 Å². The Hall–Kier alpha value is -3.35. The topological polar surface area (TPSA) is 99.8 Å². The summed E-state index contributed by atoms with van der Waals surface area (Å²) in [6, 6.07) is 14.6. The Morgan fingerprint density at radius 3 is 2.04 bits per heavy atom. The number of benzene rings is 2. The molecule has 0 atom stereocenters. The number of aliphatic imine (C=N–C) groups is 1. The Morgan fingerprint density at radius 1 is 0.929 bits per heavy atom. The molecule has 0 saturated carbocycles. The van der Waals surface area contributed by atoms with Gasteiger partial charge in [-0.2, -0.15) is 0 Å². The molecule has 0 aliphatic heterocycles. The summed E-state index contributed by atoms with van der Waals surface area (Å²) in [5, 5.41) is 6.48. The summed E-state index contributed by atoms with van der Waals surface area (Å²) in [6.07, 6.45) is 0. The molecule has 0 aliphatic rings. The molecule has 7 heteroatoms. The van der Waals surface area contributed by atoms with E-state index in [-0.39, 0.29) is 5.91 Å². The lowest BCUT2D eigenvalue weighted by Crippen LogP contribution is -2.36. The second-order valence-electron chi connectivity index (χ2n) is 6.51. The molecule has 0 aromatic heterocycles. The summed E-state index contributed by atoms with van der Waals surface area (Å²) < 4.78 is 0. The SMILES string of the molecule is CCNC(=NCc1ccc(C(N)=O)cc1)NCc1ccc(C(=O)N(C)C)cc1. The third-order valence-corrected chi connectivity index (χ3v) is 4.07. The summed E-state index contributed by atoms with van der Waals surface area (Å²) >= 11 is 0. The van der Waals surface area contributed by atoms with Gasteiger partial charge in [-0.25, -0.2) is 4.99 Å². The lowest BCUT2D eigenvalue weighted by Gasteiger charge is -2.13. The second kappa shape index (κ2) is 10.1. The van der Waals surface area contributed by atoms with E-state index in [0.29, 0.717) is 30.2 Å². The number of carbonyl (C=O) groups excluding carboxylic acids is 2. The van der Waals surface area contributed by atoms with E-state index >= 15 is 0 Å². The van der Waals surface area contributed by atoms with Gasteiger partial charge in [0.2, 0.25) is 5.91 Å². The fraction of sp³-hybridized carbons (Fsp3) is 0.286. The number of nitrogens with two attached hydrogens (primary N) is 1. The largest absolute Gasteiger partial charge is 0.366 e. The van der Waals surface area contributed by atoms with Crippen LogP contribution >= 0.6 is 0 Å². The molecular formula is C21H27N5O2. The normalized spacial score (nSPS) is 11.0. The van der Waals surface area contributed by atoms with Crippen molar-refractivity contribution in [1.82, 2.24) is 15.5 Å². The molecule has 2 aromatic carbocycles. The molecule has 2 amide bonds. The average molecular weight is 381 g/mol. The van der Waals surface area contributed by atoms with Crippen LogP contribution in [0.5, 0.6) is 0 Å². The standard InChI is InChI=1S/C21H27N5O2/c1-4-23-21(24-13-15-5-9-17(10-6-15)19(22)27)25-14-16-7-11-18(12-8-16)20(28)26(2)3/h5-12H,4,13-14H2,1-3H3,(H2,22,27)(H2,23,24,25). The monoisotopic (exact) mass is 381 g/mol. The molecule has 148 valence electrons. The number of nitrogens with zero attached hydrogens (tertiary/aromatic N) is 2. The van der Waals surface area contributed by atoms with Crippen molar-refractivity contribution in [3.63, 3.8) is 0 Å². The van der Waals surface area contributed by atoms with Crippen molar-refractivity contribution >= 4 is 17.8 Å². The molecule has 0 bridgehead atoms. The quantitative estimate of drug-likeness (QED) is 0.502. The van der Waals surface area contributed by atoms with E-state index in [1.54, 1.807) is 31.1 Å². The number of primary amides is 1. The van der Waals surface area contributed by atoms with Gasteiger partial charge in [0.05, 0.1) is 6.54 Å².